The Labute approximate surface area is 183 Å². The minimum Gasteiger partial charge on any atom is -0.317 e. The van der Waals surface area contributed by atoms with Crippen LogP contribution in [0.15, 0.2) is 64.5 Å². The summed E-state index contributed by atoms with van der Waals surface area (Å²) in [7, 11) is -7.89. The third-order valence-corrected chi connectivity index (χ3v) is 8.89. The largest absolute Gasteiger partial charge is 0.317 e. The molecule has 2 N–H and O–H groups in total. The summed E-state index contributed by atoms with van der Waals surface area (Å²) in [4.78, 5) is 0.113. The Bertz CT molecular complexity index is 1290. The highest BCUT2D eigenvalue weighted by Crippen LogP contribution is 2.35. The molecule has 2 aromatic carbocycles. The van der Waals surface area contributed by atoms with Crippen molar-refractivity contribution in [2.24, 2.45) is 0 Å². The van der Waals surface area contributed by atoms with E-state index in [9.17, 15) is 16.8 Å². The van der Waals surface area contributed by atoms with Crippen LogP contribution in [0.2, 0.25) is 0 Å². The van der Waals surface area contributed by atoms with Crippen LogP contribution in [0.25, 0.3) is 10.9 Å². The van der Waals surface area contributed by atoms with Gasteiger partial charge in [0.25, 0.3) is 10.0 Å². The van der Waals surface area contributed by atoms with Crippen LogP contribution in [-0.2, 0) is 20.0 Å². The average Bonchev–Trinajstić information content (AvgIpc) is 3.16. The Hall–Kier alpha value is -2.20. The molecule has 0 bridgehead atoms. The van der Waals surface area contributed by atoms with Crippen LogP contribution in [0.4, 0.5) is 0 Å². The summed E-state index contributed by atoms with van der Waals surface area (Å²) in [6, 6.07) is 13.2. The van der Waals surface area contributed by atoms with Gasteiger partial charge in [-0.05, 0) is 55.6 Å². The van der Waals surface area contributed by atoms with E-state index in [2.05, 4.69) is 10.0 Å². The molecule has 166 valence electrons. The van der Waals surface area contributed by atoms with Gasteiger partial charge in [-0.25, -0.2) is 25.5 Å². The number of hydrogen-bond donors (Lipinski definition) is 2. The van der Waals surface area contributed by atoms with Crippen LogP contribution in [0.5, 0.6) is 0 Å². The number of rotatable bonds is 6. The summed E-state index contributed by atoms with van der Waals surface area (Å²) in [5, 5.41) is 3.67. The maximum absolute atomic E-state index is 13.4. The van der Waals surface area contributed by atoms with Crippen molar-refractivity contribution >= 4 is 30.9 Å². The lowest BCUT2D eigenvalue weighted by Gasteiger charge is -2.23. The fourth-order valence-corrected chi connectivity index (χ4v) is 7.05. The summed E-state index contributed by atoms with van der Waals surface area (Å²) in [6.45, 7) is 5.42. The Kier molecular flexibility index (Phi) is 5.95. The van der Waals surface area contributed by atoms with Crippen molar-refractivity contribution in [1.82, 2.24) is 14.0 Å². The molecule has 0 radical (unpaired) electrons. The molecule has 0 aliphatic carbocycles. The van der Waals surface area contributed by atoms with Gasteiger partial charge in [-0.3, -0.25) is 0 Å². The fourth-order valence-electron chi connectivity index (χ4n) is 4.06. The average molecular weight is 462 g/mol. The van der Waals surface area contributed by atoms with Gasteiger partial charge in [-0.15, -0.1) is 0 Å². The molecule has 3 aromatic rings. The SMILES string of the molecule is CC(C)c1cccc2c1c(S(=O)(=O)NC1CCNCC1)cn2S(=O)(=O)c1ccccc1. The van der Waals surface area contributed by atoms with Crippen molar-refractivity contribution in [3.63, 3.8) is 0 Å². The Morgan fingerprint density at radius 1 is 0.968 bits per heavy atom. The molecule has 1 aliphatic rings. The van der Waals surface area contributed by atoms with Gasteiger partial charge < -0.3 is 5.32 Å². The minimum atomic E-state index is -3.97. The van der Waals surface area contributed by atoms with Crippen molar-refractivity contribution in [2.45, 2.75) is 48.4 Å². The highest BCUT2D eigenvalue weighted by atomic mass is 32.2. The van der Waals surface area contributed by atoms with Crippen LogP contribution in [0, 0.1) is 0 Å². The molecule has 31 heavy (non-hydrogen) atoms. The number of sulfonamides is 1. The standard InChI is InChI=1S/C22H27N3O4S2/c1-16(2)19-9-6-10-20-22(19)21(30(26,27)24-17-11-13-23-14-12-17)15-25(20)31(28,29)18-7-4-3-5-8-18/h3-10,15-17,23-24H,11-14H2,1-2H3. The zero-order valence-electron chi connectivity index (χ0n) is 17.6. The highest BCUT2D eigenvalue weighted by molar-refractivity contribution is 7.91. The van der Waals surface area contributed by atoms with Crippen LogP contribution in [0.3, 0.4) is 0 Å². The molecule has 0 unspecified atom stereocenters. The predicted octanol–water partition coefficient (Wildman–Crippen LogP) is 3.03. The number of aromatic nitrogens is 1. The second-order valence-corrected chi connectivity index (χ2v) is 11.6. The topological polar surface area (TPSA) is 97.3 Å². The van der Waals surface area contributed by atoms with Gasteiger partial charge in [0.2, 0.25) is 10.0 Å². The molecule has 7 nitrogen and oxygen atoms in total. The van der Waals surface area contributed by atoms with Crippen LogP contribution < -0.4 is 10.0 Å². The van der Waals surface area contributed by atoms with Gasteiger partial charge in [0.1, 0.15) is 4.90 Å². The first-order valence-electron chi connectivity index (χ1n) is 10.4. The Morgan fingerprint density at radius 2 is 1.65 bits per heavy atom. The van der Waals surface area contributed by atoms with Crippen LogP contribution in [0.1, 0.15) is 38.2 Å². The van der Waals surface area contributed by atoms with E-state index in [-0.39, 0.29) is 21.8 Å². The highest BCUT2D eigenvalue weighted by Gasteiger charge is 2.30. The van der Waals surface area contributed by atoms with E-state index in [1.165, 1.54) is 18.3 Å². The van der Waals surface area contributed by atoms with Crippen molar-refractivity contribution in [1.29, 1.82) is 0 Å². The lowest BCUT2D eigenvalue weighted by molar-refractivity contribution is 0.427. The molecule has 1 aromatic heterocycles. The zero-order chi connectivity index (χ0) is 22.2. The molecular weight excluding hydrogens is 434 g/mol. The molecule has 0 atom stereocenters. The first-order valence-corrected chi connectivity index (χ1v) is 13.3. The smallest absolute Gasteiger partial charge is 0.268 e. The van der Waals surface area contributed by atoms with Crippen molar-refractivity contribution < 1.29 is 16.8 Å². The number of fused-ring (bicyclic) bond motifs is 1. The first kappa shape index (κ1) is 22.0. The molecule has 1 saturated heterocycles. The number of nitrogens with one attached hydrogen (secondary N) is 2. The number of nitrogens with zero attached hydrogens (tertiary/aromatic N) is 1. The molecule has 0 saturated carbocycles. The molecule has 1 fully saturated rings. The number of hydrogen-bond acceptors (Lipinski definition) is 5. The molecule has 9 heteroatoms. The van der Waals surface area contributed by atoms with Gasteiger partial charge in [-0.2, -0.15) is 0 Å². The van der Waals surface area contributed by atoms with Crippen molar-refractivity contribution in [3.8, 4) is 0 Å². The van der Waals surface area contributed by atoms with E-state index in [0.717, 1.165) is 22.6 Å². The Morgan fingerprint density at radius 3 is 2.29 bits per heavy atom. The second kappa shape index (κ2) is 8.38. The van der Waals surface area contributed by atoms with Gasteiger partial charge in [0, 0.05) is 17.6 Å². The first-order chi connectivity index (χ1) is 14.7. The normalized spacial score (nSPS) is 16.2. The van der Waals surface area contributed by atoms with Crippen molar-refractivity contribution in [2.75, 3.05) is 13.1 Å². The van der Waals surface area contributed by atoms with E-state index in [1.807, 2.05) is 19.9 Å². The third-order valence-electron chi connectivity index (χ3n) is 5.67. The maximum Gasteiger partial charge on any atom is 0.268 e. The second-order valence-electron chi connectivity index (χ2n) is 8.15. The number of piperidine rings is 1. The van der Waals surface area contributed by atoms with Gasteiger partial charge in [0.15, 0.2) is 0 Å². The van der Waals surface area contributed by atoms with E-state index < -0.39 is 20.0 Å². The molecule has 1 aliphatic heterocycles. The Balaban J connectivity index is 1.93. The maximum atomic E-state index is 13.4. The quantitative estimate of drug-likeness (QED) is 0.588. The zero-order valence-corrected chi connectivity index (χ0v) is 19.2. The summed E-state index contributed by atoms with van der Waals surface area (Å²) in [5.74, 6) is 0.0202. The third kappa shape index (κ3) is 4.15. The predicted molar refractivity (Wildman–Crippen MR) is 121 cm³/mol. The molecule has 0 spiro atoms. The summed E-state index contributed by atoms with van der Waals surface area (Å²) in [6.07, 6.45) is 2.64. The lowest BCUT2D eigenvalue weighted by Crippen LogP contribution is -2.42. The van der Waals surface area contributed by atoms with Crippen LogP contribution in [-0.4, -0.2) is 39.9 Å². The molecule has 2 heterocycles. The van der Waals surface area contributed by atoms with E-state index >= 15 is 0 Å². The minimum absolute atomic E-state index is 0.00448. The summed E-state index contributed by atoms with van der Waals surface area (Å²) in [5.41, 5.74) is 1.16. The van der Waals surface area contributed by atoms with E-state index in [1.54, 1.807) is 30.3 Å². The summed E-state index contributed by atoms with van der Waals surface area (Å²) >= 11 is 0. The molecule has 0 amide bonds. The molecule has 4 rings (SSSR count). The van der Waals surface area contributed by atoms with Gasteiger partial charge in [0.05, 0.1) is 10.4 Å². The number of benzene rings is 2. The van der Waals surface area contributed by atoms with Crippen LogP contribution >= 0.6 is 0 Å². The van der Waals surface area contributed by atoms with E-state index in [0.29, 0.717) is 23.7 Å². The van der Waals surface area contributed by atoms with Crippen molar-refractivity contribution in [3.05, 3.63) is 60.3 Å². The summed E-state index contributed by atoms with van der Waals surface area (Å²) < 4.78 is 57.5. The lowest BCUT2D eigenvalue weighted by atomic mass is 9.99. The molecular formula is C22H27N3O4S2. The van der Waals surface area contributed by atoms with Gasteiger partial charge >= 0.3 is 0 Å². The monoisotopic (exact) mass is 461 g/mol. The van der Waals surface area contributed by atoms with Gasteiger partial charge in [-0.1, -0.05) is 44.2 Å². The fraction of sp³-hybridized carbons (Fsp3) is 0.364. The van der Waals surface area contributed by atoms with E-state index in [4.69, 9.17) is 0 Å².